The third kappa shape index (κ3) is 10.1. The first-order chi connectivity index (χ1) is 24.7. The van der Waals surface area contributed by atoms with Crippen LogP contribution in [0.5, 0.6) is 0 Å². The van der Waals surface area contributed by atoms with Crippen LogP contribution in [-0.4, -0.2) is 59.5 Å². The van der Waals surface area contributed by atoms with E-state index in [1.54, 1.807) is 73.3 Å². The normalized spacial score (nSPS) is 15.2. The van der Waals surface area contributed by atoms with Crippen molar-refractivity contribution in [2.45, 2.75) is 38.7 Å². The molecule has 6 aromatic rings. The number of halogens is 2. The minimum Gasteiger partial charge on any atom is -1.00 e. The number of aromatic amines is 1. The Bertz CT molecular complexity index is 2380. The summed E-state index contributed by atoms with van der Waals surface area (Å²) in [6, 6.07) is 18.4. The van der Waals surface area contributed by atoms with Gasteiger partial charge in [-0.2, -0.15) is 0 Å². The maximum Gasteiger partial charge on any atom is 1.00 e. The third-order valence-electron chi connectivity index (χ3n) is 7.86. The van der Waals surface area contributed by atoms with Gasteiger partial charge in [-0.1, -0.05) is 12.1 Å². The Morgan fingerprint density at radius 3 is 2.11 bits per heavy atom. The van der Waals surface area contributed by atoms with Gasteiger partial charge >= 0.3 is 29.6 Å². The zero-order chi connectivity index (χ0) is 37.6. The van der Waals surface area contributed by atoms with Crippen LogP contribution in [0.1, 0.15) is 19.5 Å². The van der Waals surface area contributed by atoms with Crippen molar-refractivity contribution in [3.63, 3.8) is 0 Å². The van der Waals surface area contributed by atoms with E-state index >= 15 is 0 Å². The number of nitrogens with one attached hydrogen (secondary N) is 3. The monoisotopic (exact) mass is 730 g/mol. The van der Waals surface area contributed by atoms with Crippen molar-refractivity contribution in [1.82, 2.24) is 19.5 Å². The fourth-order valence-electron chi connectivity index (χ4n) is 4.89. The number of aromatic nitrogens is 4. The summed E-state index contributed by atoms with van der Waals surface area (Å²) in [4.78, 5) is 41.4. The summed E-state index contributed by atoms with van der Waals surface area (Å²) in [5, 5.41) is 25.1. The quantitative estimate of drug-likeness (QED) is 0.0995. The summed E-state index contributed by atoms with van der Waals surface area (Å²) in [5.41, 5.74) is 4.48. The van der Waals surface area contributed by atoms with Crippen LogP contribution in [-0.2, 0) is 20.9 Å². The van der Waals surface area contributed by atoms with Gasteiger partial charge in [-0.15, -0.1) is 0 Å². The van der Waals surface area contributed by atoms with Crippen LogP contribution < -0.4 is 40.2 Å². The van der Waals surface area contributed by atoms with Gasteiger partial charge in [0.25, 0.3) is 17.6 Å². The molecule has 266 valence electrons. The van der Waals surface area contributed by atoms with E-state index in [9.17, 15) is 28.6 Å². The molecule has 5 N–H and O–H groups in total. The molecule has 0 spiro atoms. The molecule has 7 rings (SSSR count). The number of amides is 2. The molecule has 2 atom stereocenters. The van der Waals surface area contributed by atoms with E-state index in [1.807, 2.05) is 0 Å². The van der Waals surface area contributed by atoms with Gasteiger partial charge in [0.2, 0.25) is 0 Å². The first kappa shape index (κ1) is 40.3. The zero-order valence-corrected chi connectivity index (χ0v) is 31.1. The number of carbonyl (C=O) groups excluding carboxylic acids is 2. The van der Waals surface area contributed by atoms with Crippen molar-refractivity contribution in [2.75, 3.05) is 17.2 Å². The molecule has 2 aromatic heterocycles. The van der Waals surface area contributed by atoms with Gasteiger partial charge in [0.05, 0.1) is 54.4 Å². The minimum atomic E-state index is -1.71. The topological polar surface area (TPSA) is 166 Å². The second-order valence-electron chi connectivity index (χ2n) is 12.1. The first-order valence-corrected chi connectivity index (χ1v) is 15.6. The molecular formula is C37H33F2N8NaO5. The van der Waals surface area contributed by atoms with Gasteiger partial charge in [-0.05, 0) is 86.5 Å². The number of ether oxygens (including phenoxy) is 1. The van der Waals surface area contributed by atoms with Gasteiger partial charge in [-0.3, -0.25) is 9.59 Å². The zero-order valence-electron chi connectivity index (χ0n) is 30.1. The average molecular weight is 731 g/mol. The van der Waals surface area contributed by atoms with Crippen molar-refractivity contribution in [1.29, 1.82) is 0 Å². The summed E-state index contributed by atoms with van der Waals surface area (Å²) in [7, 11) is 0. The molecule has 0 aliphatic carbocycles. The maximum absolute atomic E-state index is 13.3. The fourth-order valence-corrected chi connectivity index (χ4v) is 4.89. The Morgan fingerprint density at radius 1 is 0.943 bits per heavy atom. The summed E-state index contributed by atoms with van der Waals surface area (Å²) in [5.74, 6) is -3.46. The van der Waals surface area contributed by atoms with Gasteiger partial charge in [-0.25, -0.2) is 28.4 Å². The number of carbonyl (C=O) groups is 2. The molecule has 0 saturated carbocycles. The Morgan fingerprint density at radius 2 is 1.53 bits per heavy atom. The van der Waals surface area contributed by atoms with Crippen LogP contribution in [0.2, 0.25) is 0 Å². The summed E-state index contributed by atoms with van der Waals surface area (Å²) in [6.07, 6.45) is 3.00. The van der Waals surface area contributed by atoms with E-state index in [4.69, 9.17) is 13.1 Å². The largest absolute Gasteiger partial charge is 1.00 e. The SMILES string of the molecule is Fc1ccc2nc[nH]c2c1.[C-]#[N+]c1ccc(NC(=O)[C@@](C)(O)Cn2cnc3cc(F)ccc32)cc1C.[C-]#[N+]c1ccc(NC(=O)[C@]2(O)CO2)cc1C.[H-].[Na+]. The fraction of sp³-hybridized carbons (Fsp3) is 0.189. The van der Waals surface area contributed by atoms with E-state index in [0.717, 1.165) is 22.2 Å². The van der Waals surface area contributed by atoms with Crippen molar-refractivity contribution in [2.24, 2.45) is 0 Å². The summed E-state index contributed by atoms with van der Waals surface area (Å²) in [6.45, 7) is 18.9. The van der Waals surface area contributed by atoms with Crippen LogP contribution in [0.25, 0.3) is 31.8 Å². The van der Waals surface area contributed by atoms with Crippen molar-refractivity contribution in [3.05, 3.63) is 131 Å². The van der Waals surface area contributed by atoms with E-state index in [-0.39, 0.29) is 50.0 Å². The van der Waals surface area contributed by atoms with Crippen LogP contribution in [0.3, 0.4) is 0 Å². The number of benzene rings is 4. The smallest absolute Gasteiger partial charge is 1.00 e. The molecule has 4 aromatic carbocycles. The molecule has 2 amide bonds. The number of epoxide rings is 1. The molecular weight excluding hydrogens is 697 g/mol. The first-order valence-electron chi connectivity index (χ1n) is 15.6. The molecule has 13 nitrogen and oxygen atoms in total. The molecule has 1 fully saturated rings. The van der Waals surface area contributed by atoms with Crippen LogP contribution >= 0.6 is 0 Å². The summed E-state index contributed by atoms with van der Waals surface area (Å²) < 4.78 is 31.9. The van der Waals surface area contributed by atoms with E-state index in [0.29, 0.717) is 33.8 Å². The predicted octanol–water partition coefficient (Wildman–Crippen LogP) is 3.45. The van der Waals surface area contributed by atoms with E-state index in [2.05, 4.69) is 40.0 Å². The molecule has 3 heterocycles. The number of aryl methyl sites for hydroxylation is 2. The van der Waals surface area contributed by atoms with Crippen molar-refractivity contribution >= 4 is 56.6 Å². The number of imidazole rings is 2. The molecule has 1 saturated heterocycles. The van der Waals surface area contributed by atoms with Crippen LogP contribution in [0, 0.1) is 38.6 Å². The third-order valence-corrected chi connectivity index (χ3v) is 7.86. The van der Waals surface area contributed by atoms with E-state index in [1.165, 1.54) is 37.5 Å². The van der Waals surface area contributed by atoms with Gasteiger partial charge in [0.1, 0.15) is 18.2 Å². The molecule has 1 aliphatic heterocycles. The maximum atomic E-state index is 13.3. The Kier molecular flexibility index (Phi) is 12.8. The number of fused-ring (bicyclic) bond motifs is 2. The standard InChI is InChI=1S/C19H17FN4O2.C11H10N2O3.C7H5FN2.Na.H/c1-12-8-14(5-6-15(12)21-3)23-18(25)19(2,26)10-24-11-22-16-9-13(20)4-7-17(16)24;1-7-5-8(3-4-9(7)12-2)13-10(14)11(15)6-16-11;8-5-1-2-6-7(3-5)10-4-9-6;;/h4-9,11,26H,10H2,1-2H3,(H,23,25);3-5,15H,6H2,1H3,(H,13,14);1-4H,(H,9,10);;/q;;;+1;-1/t19-;11-;;;/m00.../s1. The molecule has 0 unspecified atom stereocenters. The van der Waals surface area contributed by atoms with Crippen LogP contribution in [0.15, 0.2) is 85.5 Å². The van der Waals surface area contributed by atoms with Crippen molar-refractivity contribution < 1.29 is 64.3 Å². The molecule has 0 radical (unpaired) electrons. The number of aliphatic hydroxyl groups is 2. The summed E-state index contributed by atoms with van der Waals surface area (Å²) >= 11 is 0. The number of rotatable bonds is 6. The number of anilines is 2. The number of H-pyrrole nitrogens is 1. The van der Waals surface area contributed by atoms with Gasteiger partial charge in [0.15, 0.2) is 17.0 Å². The Labute approximate surface area is 326 Å². The Balaban J connectivity index is 0.000000238. The minimum absolute atomic E-state index is 0. The molecule has 0 bridgehead atoms. The van der Waals surface area contributed by atoms with Gasteiger partial charge in [0, 0.05) is 17.4 Å². The second-order valence-corrected chi connectivity index (χ2v) is 12.1. The number of nitrogens with zero attached hydrogens (tertiary/aromatic N) is 5. The van der Waals surface area contributed by atoms with Crippen molar-refractivity contribution in [3.8, 4) is 0 Å². The Hall–Kier alpha value is -5.52. The number of hydrogen-bond acceptors (Lipinski definition) is 7. The molecule has 16 heteroatoms. The molecule has 53 heavy (non-hydrogen) atoms. The van der Waals surface area contributed by atoms with Crippen LogP contribution in [0.4, 0.5) is 31.5 Å². The second kappa shape index (κ2) is 16.9. The predicted molar refractivity (Wildman–Crippen MR) is 191 cm³/mol. The van der Waals surface area contributed by atoms with E-state index < -0.39 is 29.0 Å². The van der Waals surface area contributed by atoms with Gasteiger partial charge < -0.3 is 36.6 Å². The molecule has 1 aliphatic rings. The average Bonchev–Trinajstić information content (AvgIpc) is 3.50. The number of hydrogen-bond donors (Lipinski definition) is 5.